The quantitative estimate of drug-likeness (QED) is 0.370. The van der Waals surface area contributed by atoms with Crippen molar-refractivity contribution in [1.29, 1.82) is 0 Å². The Labute approximate surface area is 152 Å². The monoisotopic (exact) mass is 390 g/mol. The van der Waals surface area contributed by atoms with Gasteiger partial charge in [-0.25, -0.2) is 0 Å². The average Bonchev–Trinajstić information content (AvgIpc) is 2.61. The van der Waals surface area contributed by atoms with E-state index in [2.05, 4.69) is 14.5 Å². The van der Waals surface area contributed by atoms with Gasteiger partial charge in [-0.05, 0) is 12.5 Å². The highest BCUT2D eigenvalue weighted by Gasteiger charge is 2.44. The SMILES string of the molecule is [2H]C(C(=O)[C@@H](O[N+](=O)[O-])[C@H](O[N+](=O)[O-])[C@H](O[N+](=O)[O-])[C@H](C)O)c1ccccc1. The van der Waals surface area contributed by atoms with Crippen LogP contribution in [0.2, 0.25) is 0 Å². The molecule has 0 aromatic heterocycles. The average molecular weight is 390 g/mol. The van der Waals surface area contributed by atoms with E-state index in [-0.39, 0.29) is 5.56 Å². The Bertz CT molecular complexity index is 717. The first-order valence-corrected chi connectivity index (χ1v) is 7.17. The summed E-state index contributed by atoms with van der Waals surface area (Å²) in [6.45, 7) is 0.910. The molecule has 1 aromatic carbocycles. The first kappa shape index (κ1) is 19.8. The first-order chi connectivity index (χ1) is 13.0. The summed E-state index contributed by atoms with van der Waals surface area (Å²) in [6, 6.07) is 7.17. The summed E-state index contributed by atoms with van der Waals surface area (Å²) in [7, 11) is 0. The minimum Gasteiger partial charge on any atom is -0.391 e. The molecular weight excluding hydrogens is 374 g/mol. The van der Waals surface area contributed by atoms with Crippen molar-refractivity contribution in [3.05, 3.63) is 66.2 Å². The van der Waals surface area contributed by atoms with Gasteiger partial charge >= 0.3 is 0 Å². The van der Waals surface area contributed by atoms with Crippen molar-refractivity contribution in [2.75, 3.05) is 0 Å². The molecule has 0 saturated carbocycles. The second-order valence-corrected chi connectivity index (χ2v) is 5.03. The second kappa shape index (κ2) is 9.81. The zero-order valence-corrected chi connectivity index (χ0v) is 13.6. The molecule has 14 heteroatoms. The van der Waals surface area contributed by atoms with Crippen molar-refractivity contribution in [2.45, 2.75) is 37.7 Å². The van der Waals surface area contributed by atoms with Crippen molar-refractivity contribution in [3.8, 4) is 0 Å². The molecule has 148 valence electrons. The van der Waals surface area contributed by atoms with Gasteiger partial charge in [0.2, 0.25) is 0 Å². The van der Waals surface area contributed by atoms with Gasteiger partial charge in [-0.1, -0.05) is 30.3 Å². The van der Waals surface area contributed by atoms with Crippen LogP contribution in [0.4, 0.5) is 0 Å². The van der Waals surface area contributed by atoms with Gasteiger partial charge in [0, 0.05) is 7.77 Å². The van der Waals surface area contributed by atoms with Crippen LogP contribution in [0.5, 0.6) is 0 Å². The Balaban J connectivity index is 3.35. The Morgan fingerprint density at radius 3 is 1.96 bits per heavy atom. The van der Waals surface area contributed by atoms with E-state index in [9.17, 15) is 40.2 Å². The van der Waals surface area contributed by atoms with E-state index < -0.39 is 51.9 Å². The second-order valence-electron chi connectivity index (χ2n) is 5.03. The Hall–Kier alpha value is -3.55. The fourth-order valence-corrected chi connectivity index (χ4v) is 2.07. The van der Waals surface area contributed by atoms with Gasteiger partial charge < -0.3 is 19.6 Å². The third kappa shape index (κ3) is 7.07. The predicted molar refractivity (Wildman–Crippen MR) is 82.4 cm³/mol. The van der Waals surface area contributed by atoms with Crippen LogP contribution in [0.15, 0.2) is 30.3 Å². The minimum atomic E-state index is -2.48. The number of Topliss-reactive ketones (excluding diaryl/α,β-unsaturated/α-hetero) is 1. The number of carbonyl (C=O) groups is 1. The van der Waals surface area contributed by atoms with Crippen LogP contribution in [0.3, 0.4) is 0 Å². The standard InChI is InChI=1S/C13H15N3O11/c1-8(17)11(25-14(19)20)13(27-16(23)24)12(26-15(21)22)10(18)7-9-5-3-2-4-6-9/h2-6,8,11-13,17H,7H2,1H3/t8-,11+,12+,13+/m0/s1/i7D/t7?,8-,11+,12+,13+. The number of nitrogens with zero attached hydrogens (tertiary/aromatic N) is 3. The largest absolute Gasteiger partial charge is 0.391 e. The van der Waals surface area contributed by atoms with E-state index in [0.29, 0.717) is 0 Å². The molecule has 5 atom stereocenters. The van der Waals surface area contributed by atoms with Gasteiger partial charge in [0.05, 0.1) is 6.10 Å². The maximum atomic E-state index is 12.6. The molecule has 0 aliphatic rings. The molecule has 1 aromatic rings. The van der Waals surface area contributed by atoms with Gasteiger partial charge in [-0.15, -0.1) is 30.3 Å². The Morgan fingerprint density at radius 2 is 1.52 bits per heavy atom. The number of hydrogen-bond donors (Lipinski definition) is 1. The zero-order valence-electron chi connectivity index (χ0n) is 14.6. The summed E-state index contributed by atoms with van der Waals surface area (Å²) >= 11 is 0. The van der Waals surface area contributed by atoms with Crippen molar-refractivity contribution in [1.82, 2.24) is 0 Å². The molecule has 1 N–H and O–H groups in total. The number of hydrogen-bond acceptors (Lipinski definition) is 11. The van der Waals surface area contributed by atoms with Crippen molar-refractivity contribution in [3.63, 3.8) is 0 Å². The van der Waals surface area contributed by atoms with Crippen LogP contribution < -0.4 is 0 Å². The molecule has 0 spiro atoms. The maximum absolute atomic E-state index is 12.6. The van der Waals surface area contributed by atoms with Crippen molar-refractivity contribution < 1.29 is 41.0 Å². The summed E-state index contributed by atoms with van der Waals surface area (Å²) in [5, 5.41) is 37.4. The molecule has 0 bridgehead atoms. The Kier molecular flexibility index (Phi) is 7.18. The van der Waals surface area contributed by atoms with E-state index in [0.717, 1.165) is 6.92 Å². The van der Waals surface area contributed by atoms with Crippen molar-refractivity contribution in [2.24, 2.45) is 0 Å². The Morgan fingerprint density at radius 1 is 1.04 bits per heavy atom. The van der Waals surface area contributed by atoms with Gasteiger partial charge in [0.1, 0.15) is 0 Å². The molecule has 0 radical (unpaired) electrons. The fourth-order valence-electron chi connectivity index (χ4n) is 2.07. The maximum Gasteiger partial charge on any atom is 0.295 e. The third-order valence-corrected chi connectivity index (χ3v) is 3.10. The fraction of sp³-hybridized carbons (Fsp3) is 0.462. The molecule has 0 aliphatic carbocycles. The van der Waals surface area contributed by atoms with Crippen molar-refractivity contribution >= 4 is 5.78 Å². The number of ketones is 1. The van der Waals surface area contributed by atoms with E-state index in [4.69, 9.17) is 1.37 Å². The molecule has 1 rings (SSSR count). The van der Waals surface area contributed by atoms with Crippen LogP contribution in [-0.4, -0.2) is 50.6 Å². The highest BCUT2D eigenvalue weighted by Crippen LogP contribution is 2.19. The zero-order chi connectivity index (χ0) is 21.4. The molecule has 1 unspecified atom stereocenters. The first-order valence-electron chi connectivity index (χ1n) is 7.74. The summed E-state index contributed by atoms with van der Waals surface area (Å²) in [6.07, 6.45) is -10.8. The summed E-state index contributed by atoms with van der Waals surface area (Å²) < 4.78 is 7.94. The van der Waals surface area contributed by atoms with Crippen LogP contribution in [0, 0.1) is 30.3 Å². The van der Waals surface area contributed by atoms with E-state index in [1.165, 1.54) is 24.3 Å². The number of aliphatic hydroxyl groups is 1. The lowest BCUT2D eigenvalue weighted by atomic mass is 9.97. The van der Waals surface area contributed by atoms with E-state index >= 15 is 0 Å². The molecule has 0 fully saturated rings. The topological polar surface area (TPSA) is 194 Å². The highest BCUT2D eigenvalue weighted by atomic mass is 17.0. The molecule has 0 saturated heterocycles. The summed E-state index contributed by atoms with van der Waals surface area (Å²) in [5.41, 5.74) is 0.0630. The van der Waals surface area contributed by atoms with E-state index in [1.807, 2.05) is 0 Å². The van der Waals surface area contributed by atoms with Crippen LogP contribution in [-0.2, 0) is 25.7 Å². The van der Waals surface area contributed by atoms with Gasteiger partial charge in [0.25, 0.3) is 15.3 Å². The molecule has 0 heterocycles. The molecule has 0 aliphatic heterocycles. The van der Waals surface area contributed by atoms with Crippen LogP contribution in [0.25, 0.3) is 0 Å². The third-order valence-electron chi connectivity index (χ3n) is 3.10. The number of benzene rings is 1. The summed E-state index contributed by atoms with van der Waals surface area (Å²) in [4.78, 5) is 57.1. The smallest absolute Gasteiger partial charge is 0.295 e. The van der Waals surface area contributed by atoms with Crippen LogP contribution in [0.1, 0.15) is 13.9 Å². The highest BCUT2D eigenvalue weighted by molar-refractivity contribution is 5.85. The van der Waals surface area contributed by atoms with Gasteiger partial charge in [-0.3, -0.25) is 4.79 Å². The predicted octanol–water partition coefficient (Wildman–Crippen LogP) is -0.0903. The van der Waals surface area contributed by atoms with E-state index in [1.54, 1.807) is 6.07 Å². The molecule has 14 nitrogen and oxygen atoms in total. The summed E-state index contributed by atoms with van der Waals surface area (Å²) in [5.74, 6) is -1.38. The normalized spacial score (nSPS) is 16.6. The number of aliphatic hydroxyl groups excluding tert-OH is 1. The van der Waals surface area contributed by atoms with Gasteiger partial charge in [0.15, 0.2) is 24.1 Å². The molecule has 27 heavy (non-hydrogen) atoms. The van der Waals surface area contributed by atoms with Gasteiger partial charge in [-0.2, -0.15) is 0 Å². The minimum absolute atomic E-state index is 0.0630. The number of rotatable bonds is 12. The number of carbonyl (C=O) groups excluding carboxylic acids is 1. The lowest BCUT2D eigenvalue weighted by molar-refractivity contribution is -0.815. The lowest BCUT2D eigenvalue weighted by Crippen LogP contribution is -2.53. The van der Waals surface area contributed by atoms with Crippen LogP contribution >= 0.6 is 0 Å². The molecule has 0 amide bonds. The molecular formula is C13H15N3O11. The lowest BCUT2D eigenvalue weighted by Gasteiger charge is -2.29.